The summed E-state index contributed by atoms with van der Waals surface area (Å²) in [6.45, 7) is 3.85. The Kier molecular flexibility index (Phi) is 3.66. The average Bonchev–Trinajstić information content (AvgIpc) is 2.99. The summed E-state index contributed by atoms with van der Waals surface area (Å²) in [4.78, 5) is 7.15. The maximum absolute atomic E-state index is 5.56. The first-order valence-electron chi connectivity index (χ1n) is 7.31. The lowest BCUT2D eigenvalue weighted by Gasteiger charge is -2.31. The van der Waals surface area contributed by atoms with Gasteiger partial charge in [0.2, 0.25) is 0 Å². The zero-order valence-corrected chi connectivity index (χ0v) is 11.1. The van der Waals surface area contributed by atoms with E-state index in [1.807, 2.05) is 6.33 Å². The molecular weight excluding hydrogens is 224 g/mol. The first kappa shape index (κ1) is 12.2. The highest BCUT2D eigenvalue weighted by atomic mass is 15.2. The molecule has 100 valence electrons. The Morgan fingerprint density at radius 3 is 3.06 bits per heavy atom. The van der Waals surface area contributed by atoms with Crippen molar-refractivity contribution in [1.82, 2.24) is 14.5 Å². The van der Waals surface area contributed by atoms with E-state index in [0.29, 0.717) is 6.54 Å². The molecule has 1 aromatic heterocycles. The van der Waals surface area contributed by atoms with Gasteiger partial charge in [-0.3, -0.25) is 4.90 Å². The van der Waals surface area contributed by atoms with E-state index in [1.54, 1.807) is 0 Å². The SMILES string of the molecule is NCCn1cnc(CN2CCC3CCCCC32)c1. The summed E-state index contributed by atoms with van der Waals surface area (Å²) in [5, 5.41) is 0. The van der Waals surface area contributed by atoms with Crippen molar-refractivity contribution in [2.45, 2.75) is 51.2 Å². The summed E-state index contributed by atoms with van der Waals surface area (Å²) in [5.74, 6) is 0.963. The Hall–Kier alpha value is -0.870. The van der Waals surface area contributed by atoms with Crippen molar-refractivity contribution in [1.29, 1.82) is 0 Å². The quantitative estimate of drug-likeness (QED) is 0.880. The zero-order valence-electron chi connectivity index (χ0n) is 11.1. The minimum atomic E-state index is 0.685. The van der Waals surface area contributed by atoms with Crippen LogP contribution in [-0.2, 0) is 13.1 Å². The summed E-state index contributed by atoms with van der Waals surface area (Å²) >= 11 is 0. The van der Waals surface area contributed by atoms with Crippen LogP contribution in [0.25, 0.3) is 0 Å². The van der Waals surface area contributed by atoms with Crippen molar-refractivity contribution in [3.8, 4) is 0 Å². The van der Waals surface area contributed by atoms with E-state index in [0.717, 1.165) is 25.0 Å². The number of hydrogen-bond acceptors (Lipinski definition) is 3. The fourth-order valence-corrected chi connectivity index (χ4v) is 3.67. The highest BCUT2D eigenvalue weighted by Gasteiger charge is 2.35. The van der Waals surface area contributed by atoms with Crippen LogP contribution in [0.1, 0.15) is 37.8 Å². The third-order valence-corrected chi connectivity index (χ3v) is 4.56. The number of hydrogen-bond donors (Lipinski definition) is 1. The van der Waals surface area contributed by atoms with Crippen molar-refractivity contribution in [3.63, 3.8) is 0 Å². The monoisotopic (exact) mass is 248 g/mol. The van der Waals surface area contributed by atoms with Crippen molar-refractivity contribution in [3.05, 3.63) is 18.2 Å². The molecule has 0 spiro atoms. The standard InChI is InChI=1S/C14H24N4/c15-6-8-17-9-13(16-11-17)10-18-7-5-12-3-1-2-4-14(12)18/h9,11-12,14H,1-8,10,15H2. The number of nitrogens with zero attached hydrogens (tertiary/aromatic N) is 3. The van der Waals surface area contributed by atoms with Gasteiger partial charge in [0.15, 0.2) is 0 Å². The molecule has 1 aliphatic carbocycles. The fourth-order valence-electron chi connectivity index (χ4n) is 3.67. The van der Waals surface area contributed by atoms with Gasteiger partial charge in [0.05, 0.1) is 12.0 Å². The lowest BCUT2D eigenvalue weighted by Crippen LogP contribution is -2.34. The highest BCUT2D eigenvalue weighted by Crippen LogP contribution is 2.36. The van der Waals surface area contributed by atoms with Gasteiger partial charge in [0, 0.05) is 31.9 Å². The number of imidazole rings is 1. The van der Waals surface area contributed by atoms with Gasteiger partial charge in [-0.25, -0.2) is 4.98 Å². The Morgan fingerprint density at radius 2 is 2.17 bits per heavy atom. The third-order valence-electron chi connectivity index (χ3n) is 4.56. The largest absolute Gasteiger partial charge is 0.336 e. The molecule has 0 amide bonds. The highest BCUT2D eigenvalue weighted by molar-refractivity contribution is 5.00. The van der Waals surface area contributed by atoms with Gasteiger partial charge in [-0.15, -0.1) is 0 Å². The van der Waals surface area contributed by atoms with E-state index >= 15 is 0 Å². The smallest absolute Gasteiger partial charge is 0.0950 e. The molecule has 1 aromatic rings. The summed E-state index contributed by atoms with van der Waals surface area (Å²) < 4.78 is 2.10. The molecule has 4 heteroatoms. The topological polar surface area (TPSA) is 47.1 Å². The number of aromatic nitrogens is 2. The molecule has 2 N–H and O–H groups in total. The first-order valence-corrected chi connectivity index (χ1v) is 7.31. The van der Waals surface area contributed by atoms with E-state index in [9.17, 15) is 0 Å². The molecule has 0 radical (unpaired) electrons. The molecule has 2 aliphatic rings. The lowest BCUT2D eigenvalue weighted by molar-refractivity contribution is 0.174. The molecule has 0 aromatic carbocycles. The van der Waals surface area contributed by atoms with Crippen LogP contribution < -0.4 is 5.73 Å². The number of rotatable bonds is 4. The number of fused-ring (bicyclic) bond motifs is 1. The predicted molar refractivity (Wildman–Crippen MR) is 72.1 cm³/mol. The van der Waals surface area contributed by atoms with Crippen LogP contribution in [0.3, 0.4) is 0 Å². The number of likely N-dealkylation sites (tertiary alicyclic amines) is 1. The normalized spacial score (nSPS) is 28.5. The van der Waals surface area contributed by atoms with Gasteiger partial charge in [-0.2, -0.15) is 0 Å². The van der Waals surface area contributed by atoms with Gasteiger partial charge in [-0.1, -0.05) is 12.8 Å². The Balaban J connectivity index is 1.61. The van der Waals surface area contributed by atoms with Gasteiger partial charge in [0.1, 0.15) is 0 Å². The van der Waals surface area contributed by atoms with Crippen molar-refractivity contribution in [2.24, 2.45) is 11.7 Å². The maximum Gasteiger partial charge on any atom is 0.0950 e. The lowest BCUT2D eigenvalue weighted by atomic mass is 9.85. The van der Waals surface area contributed by atoms with Crippen molar-refractivity contribution < 1.29 is 0 Å². The second-order valence-corrected chi connectivity index (χ2v) is 5.76. The predicted octanol–water partition coefficient (Wildman–Crippen LogP) is 1.61. The van der Waals surface area contributed by atoms with Crippen molar-refractivity contribution in [2.75, 3.05) is 13.1 Å². The van der Waals surface area contributed by atoms with Crippen molar-refractivity contribution >= 4 is 0 Å². The molecule has 4 nitrogen and oxygen atoms in total. The maximum atomic E-state index is 5.56. The van der Waals surface area contributed by atoms with E-state index < -0.39 is 0 Å². The van der Waals surface area contributed by atoms with E-state index in [1.165, 1.54) is 44.3 Å². The van der Waals surface area contributed by atoms with Crippen LogP contribution in [0.2, 0.25) is 0 Å². The molecule has 1 saturated carbocycles. The van der Waals surface area contributed by atoms with Gasteiger partial charge < -0.3 is 10.3 Å². The van der Waals surface area contributed by atoms with Crippen LogP contribution in [0, 0.1) is 5.92 Å². The van der Waals surface area contributed by atoms with Crippen LogP contribution >= 0.6 is 0 Å². The molecule has 0 bridgehead atoms. The van der Waals surface area contributed by atoms with Crippen LogP contribution in [0.15, 0.2) is 12.5 Å². The fraction of sp³-hybridized carbons (Fsp3) is 0.786. The molecule has 2 unspecified atom stereocenters. The van der Waals surface area contributed by atoms with E-state index in [2.05, 4.69) is 20.6 Å². The summed E-state index contributed by atoms with van der Waals surface area (Å²) in [6.07, 6.45) is 11.2. The molecule has 18 heavy (non-hydrogen) atoms. The summed E-state index contributed by atoms with van der Waals surface area (Å²) in [6, 6.07) is 0.832. The second kappa shape index (κ2) is 5.41. The minimum absolute atomic E-state index is 0.685. The molecule has 2 fully saturated rings. The summed E-state index contributed by atoms with van der Waals surface area (Å²) in [5.41, 5.74) is 6.77. The van der Waals surface area contributed by atoms with Gasteiger partial charge in [-0.05, 0) is 31.7 Å². The van der Waals surface area contributed by atoms with Gasteiger partial charge in [0.25, 0.3) is 0 Å². The third kappa shape index (κ3) is 2.45. The minimum Gasteiger partial charge on any atom is -0.336 e. The Morgan fingerprint density at radius 1 is 1.28 bits per heavy atom. The zero-order chi connectivity index (χ0) is 12.4. The Labute approximate surface area is 109 Å². The molecular formula is C14H24N4. The van der Waals surface area contributed by atoms with Crippen LogP contribution in [0.5, 0.6) is 0 Å². The molecule has 1 saturated heterocycles. The molecule has 2 heterocycles. The van der Waals surface area contributed by atoms with Crippen LogP contribution in [0.4, 0.5) is 0 Å². The molecule has 1 aliphatic heterocycles. The molecule has 2 atom stereocenters. The summed E-state index contributed by atoms with van der Waals surface area (Å²) in [7, 11) is 0. The van der Waals surface area contributed by atoms with E-state index in [4.69, 9.17) is 5.73 Å². The first-order chi connectivity index (χ1) is 8.86. The Bertz CT molecular complexity index is 387. The second-order valence-electron chi connectivity index (χ2n) is 5.76. The number of nitrogens with two attached hydrogens (primary N) is 1. The van der Waals surface area contributed by atoms with Crippen LogP contribution in [-0.4, -0.2) is 33.6 Å². The molecule has 3 rings (SSSR count). The average molecular weight is 248 g/mol. The van der Waals surface area contributed by atoms with Gasteiger partial charge >= 0.3 is 0 Å². The van der Waals surface area contributed by atoms with E-state index in [-0.39, 0.29) is 0 Å².